The first-order chi connectivity index (χ1) is 16.4. The van der Waals surface area contributed by atoms with Gasteiger partial charge in [0.05, 0.1) is 19.4 Å². The van der Waals surface area contributed by atoms with Crippen LogP contribution in [-0.2, 0) is 14.4 Å². The maximum atomic E-state index is 13.6. The Morgan fingerprint density at radius 1 is 0.941 bits per heavy atom. The molecule has 3 aromatic carbocycles. The van der Waals surface area contributed by atoms with Crippen molar-refractivity contribution in [1.82, 2.24) is 0 Å². The van der Waals surface area contributed by atoms with Crippen LogP contribution >= 0.6 is 0 Å². The van der Waals surface area contributed by atoms with Gasteiger partial charge < -0.3 is 9.57 Å². The molecule has 1 saturated heterocycles. The minimum absolute atomic E-state index is 0.270. The number of hydrogen-bond acceptors (Lipinski definition) is 6. The lowest BCUT2D eigenvalue weighted by molar-refractivity contribution is -0.135. The van der Waals surface area contributed by atoms with Crippen molar-refractivity contribution in [3.05, 3.63) is 95.3 Å². The number of anilines is 1. The molecule has 0 bridgehead atoms. The van der Waals surface area contributed by atoms with Crippen molar-refractivity contribution in [1.29, 1.82) is 0 Å². The Morgan fingerprint density at radius 2 is 1.59 bits per heavy atom. The van der Waals surface area contributed by atoms with Crippen LogP contribution in [-0.4, -0.2) is 37.9 Å². The van der Waals surface area contributed by atoms with Crippen LogP contribution in [0.5, 0.6) is 5.75 Å². The van der Waals surface area contributed by atoms with Crippen LogP contribution in [0.2, 0.25) is 0 Å². The smallest absolute Gasteiger partial charge is 0.295 e. The van der Waals surface area contributed by atoms with E-state index in [9.17, 15) is 18.8 Å². The van der Waals surface area contributed by atoms with Crippen LogP contribution in [0.25, 0.3) is 0 Å². The second-order valence-corrected chi connectivity index (χ2v) is 7.61. The molecule has 1 amide bonds. The molecule has 0 saturated carbocycles. The number of benzene rings is 3. The van der Waals surface area contributed by atoms with Gasteiger partial charge in [0, 0.05) is 11.3 Å². The number of nitrogens with zero attached hydrogens (tertiary/aromatic N) is 2. The molecule has 2 unspecified atom stereocenters. The van der Waals surface area contributed by atoms with Crippen LogP contribution in [0.1, 0.15) is 27.5 Å². The number of ketones is 2. The molecular formula is C26H21FN2O5. The van der Waals surface area contributed by atoms with Crippen molar-refractivity contribution in [2.75, 3.05) is 19.1 Å². The zero-order valence-corrected chi connectivity index (χ0v) is 18.5. The van der Waals surface area contributed by atoms with E-state index in [2.05, 4.69) is 9.99 Å². The topological polar surface area (TPSA) is 85.3 Å². The van der Waals surface area contributed by atoms with Gasteiger partial charge in [-0.2, -0.15) is 0 Å². The van der Waals surface area contributed by atoms with Crippen LogP contribution in [0.3, 0.4) is 0 Å². The number of hydrogen-bond donors (Lipinski definition) is 0. The molecule has 3 aromatic rings. The number of carbonyl (C=O) groups excluding carboxylic acids is 3. The van der Waals surface area contributed by atoms with E-state index < -0.39 is 35.3 Å². The largest absolute Gasteiger partial charge is 0.497 e. The molecular weight excluding hydrogens is 439 g/mol. The molecule has 7 nitrogen and oxygen atoms in total. The van der Waals surface area contributed by atoms with Gasteiger partial charge >= 0.3 is 0 Å². The third kappa shape index (κ3) is 4.30. The molecule has 0 radical (unpaired) electrons. The molecule has 172 valence electrons. The summed E-state index contributed by atoms with van der Waals surface area (Å²) in [5.41, 5.74) is 1.88. The molecule has 34 heavy (non-hydrogen) atoms. The van der Waals surface area contributed by atoms with Gasteiger partial charge in [-0.25, -0.2) is 4.39 Å². The highest BCUT2D eigenvalue weighted by Gasteiger charge is 2.52. The van der Waals surface area contributed by atoms with Gasteiger partial charge in [0.25, 0.3) is 5.91 Å². The number of halogens is 1. The van der Waals surface area contributed by atoms with Crippen molar-refractivity contribution >= 4 is 29.4 Å². The fourth-order valence-electron chi connectivity index (χ4n) is 3.98. The highest BCUT2D eigenvalue weighted by Crippen LogP contribution is 2.41. The molecule has 4 rings (SSSR count). The molecule has 8 heteroatoms. The number of amides is 1. The summed E-state index contributed by atoms with van der Waals surface area (Å²) in [4.78, 5) is 45.7. The molecule has 0 spiro atoms. The van der Waals surface area contributed by atoms with E-state index in [0.29, 0.717) is 22.6 Å². The number of rotatable bonds is 7. The Balaban J connectivity index is 1.78. The van der Waals surface area contributed by atoms with Gasteiger partial charge in [0.1, 0.15) is 24.6 Å². The monoisotopic (exact) mass is 460 g/mol. The molecule has 1 heterocycles. The summed E-state index contributed by atoms with van der Waals surface area (Å²) < 4.78 is 18.8. The Morgan fingerprint density at radius 3 is 2.18 bits per heavy atom. The van der Waals surface area contributed by atoms with E-state index >= 15 is 0 Å². The second-order valence-electron chi connectivity index (χ2n) is 7.61. The number of ether oxygens (including phenoxy) is 1. The van der Waals surface area contributed by atoms with E-state index in [1.54, 1.807) is 48.5 Å². The van der Waals surface area contributed by atoms with E-state index in [1.165, 1.54) is 49.6 Å². The van der Waals surface area contributed by atoms with E-state index in [0.717, 1.165) is 0 Å². The average molecular weight is 460 g/mol. The van der Waals surface area contributed by atoms with Crippen molar-refractivity contribution in [2.45, 2.75) is 6.04 Å². The van der Waals surface area contributed by atoms with Crippen molar-refractivity contribution in [3.63, 3.8) is 0 Å². The highest BCUT2D eigenvalue weighted by atomic mass is 19.1. The SMILES string of the molecule is CON=Cc1ccc(N2C(=O)C(=O)C(C(=O)c3ccc(OC)cc3)C2c2ccc(F)cc2)cc1. The van der Waals surface area contributed by atoms with Crippen molar-refractivity contribution < 1.29 is 28.3 Å². The Hall–Kier alpha value is -4.33. The number of oxime groups is 1. The predicted molar refractivity (Wildman–Crippen MR) is 123 cm³/mol. The van der Waals surface area contributed by atoms with E-state index in [4.69, 9.17) is 4.74 Å². The Labute approximate surface area is 195 Å². The second kappa shape index (κ2) is 9.66. The first kappa shape index (κ1) is 22.8. The minimum Gasteiger partial charge on any atom is -0.497 e. The third-order valence-corrected chi connectivity index (χ3v) is 5.65. The van der Waals surface area contributed by atoms with E-state index in [1.807, 2.05) is 0 Å². The van der Waals surface area contributed by atoms with Gasteiger partial charge in [0.2, 0.25) is 5.78 Å². The zero-order valence-electron chi connectivity index (χ0n) is 18.5. The average Bonchev–Trinajstić information content (AvgIpc) is 3.13. The van der Waals surface area contributed by atoms with Crippen LogP contribution in [0.15, 0.2) is 78.0 Å². The lowest BCUT2D eigenvalue weighted by Crippen LogP contribution is -2.30. The normalized spacial score (nSPS) is 17.9. The number of carbonyl (C=O) groups is 3. The van der Waals surface area contributed by atoms with Crippen LogP contribution in [0.4, 0.5) is 10.1 Å². The Kier molecular flexibility index (Phi) is 6.49. The third-order valence-electron chi connectivity index (χ3n) is 5.65. The summed E-state index contributed by atoms with van der Waals surface area (Å²) in [5.74, 6) is -3.33. The van der Waals surface area contributed by atoms with Crippen LogP contribution in [0, 0.1) is 11.7 Å². The lowest BCUT2D eigenvalue weighted by atomic mass is 9.86. The van der Waals surface area contributed by atoms with Gasteiger partial charge in [0.15, 0.2) is 5.78 Å². The molecule has 0 aliphatic carbocycles. The fourth-order valence-corrected chi connectivity index (χ4v) is 3.98. The van der Waals surface area contributed by atoms with Crippen molar-refractivity contribution in [3.8, 4) is 5.75 Å². The summed E-state index contributed by atoms with van der Waals surface area (Å²) >= 11 is 0. The molecule has 2 atom stereocenters. The molecule has 1 fully saturated rings. The highest BCUT2D eigenvalue weighted by molar-refractivity contribution is 6.49. The quantitative estimate of drug-likeness (QED) is 0.175. The predicted octanol–water partition coefficient (Wildman–Crippen LogP) is 3.97. The molecule has 1 aliphatic rings. The van der Waals surface area contributed by atoms with Gasteiger partial charge in [-0.3, -0.25) is 19.3 Å². The Bertz CT molecular complexity index is 1240. The maximum absolute atomic E-state index is 13.6. The summed E-state index contributed by atoms with van der Waals surface area (Å²) in [6, 6.07) is 17.5. The molecule has 0 N–H and O–H groups in total. The summed E-state index contributed by atoms with van der Waals surface area (Å²) in [7, 11) is 2.93. The van der Waals surface area contributed by atoms with Gasteiger partial charge in [-0.1, -0.05) is 29.4 Å². The van der Waals surface area contributed by atoms with Gasteiger partial charge in [-0.05, 0) is 59.7 Å². The fraction of sp³-hybridized carbons (Fsp3) is 0.154. The summed E-state index contributed by atoms with van der Waals surface area (Å²) in [6.45, 7) is 0. The number of methoxy groups -OCH3 is 1. The molecule has 0 aromatic heterocycles. The zero-order chi connectivity index (χ0) is 24.2. The minimum atomic E-state index is -1.29. The van der Waals surface area contributed by atoms with Crippen LogP contribution < -0.4 is 9.64 Å². The number of Topliss-reactive ketones (excluding diaryl/α,β-unsaturated/α-hetero) is 2. The maximum Gasteiger partial charge on any atom is 0.295 e. The molecule has 1 aliphatic heterocycles. The lowest BCUT2D eigenvalue weighted by Gasteiger charge is -2.27. The van der Waals surface area contributed by atoms with E-state index in [-0.39, 0.29) is 5.56 Å². The standard InChI is InChI=1S/C26H21FN2O5/c1-33-21-13-7-18(8-14-21)24(30)22-23(17-5-9-19(27)10-6-17)29(26(32)25(22)31)20-11-3-16(4-12-20)15-28-34-2/h3-15,22-23H,1-2H3. The van der Waals surface area contributed by atoms with Gasteiger partial charge in [-0.15, -0.1) is 0 Å². The first-order valence-corrected chi connectivity index (χ1v) is 10.4. The van der Waals surface area contributed by atoms with Crippen molar-refractivity contribution in [2.24, 2.45) is 11.1 Å². The summed E-state index contributed by atoms with van der Waals surface area (Å²) in [6.07, 6.45) is 1.49. The first-order valence-electron chi connectivity index (χ1n) is 10.4. The summed E-state index contributed by atoms with van der Waals surface area (Å²) in [5, 5.41) is 3.70.